The SMILES string of the molecule is CNC(Cc1ccc(Cl)cc1Cl)c1cscc1C. The molecule has 0 bridgehead atoms. The zero-order valence-electron chi connectivity index (χ0n) is 10.3. The van der Waals surface area contributed by atoms with E-state index in [4.69, 9.17) is 23.2 Å². The lowest BCUT2D eigenvalue weighted by Gasteiger charge is -2.17. The van der Waals surface area contributed by atoms with E-state index in [1.807, 2.05) is 19.2 Å². The molecule has 0 amide bonds. The maximum Gasteiger partial charge on any atom is 0.0453 e. The van der Waals surface area contributed by atoms with Crippen molar-refractivity contribution >= 4 is 34.5 Å². The van der Waals surface area contributed by atoms with Gasteiger partial charge in [-0.2, -0.15) is 11.3 Å². The molecule has 0 saturated carbocycles. The van der Waals surface area contributed by atoms with Gasteiger partial charge in [0.15, 0.2) is 0 Å². The van der Waals surface area contributed by atoms with Gasteiger partial charge in [0.05, 0.1) is 0 Å². The molecule has 1 heterocycles. The number of halogens is 2. The molecule has 1 N–H and O–H groups in total. The molecule has 0 aliphatic rings. The molecule has 0 fully saturated rings. The lowest BCUT2D eigenvalue weighted by Crippen LogP contribution is -2.19. The molecule has 0 spiro atoms. The first-order chi connectivity index (χ1) is 8.61. The van der Waals surface area contributed by atoms with Gasteiger partial charge in [0.1, 0.15) is 0 Å². The third-order valence-corrected chi connectivity index (χ3v) is 4.52. The maximum atomic E-state index is 6.22. The van der Waals surface area contributed by atoms with Crippen LogP contribution in [0.2, 0.25) is 10.0 Å². The second-order valence-corrected chi connectivity index (χ2v) is 5.88. The highest BCUT2D eigenvalue weighted by atomic mass is 35.5. The maximum absolute atomic E-state index is 6.22. The van der Waals surface area contributed by atoms with Crippen LogP contribution in [0.15, 0.2) is 29.0 Å². The molecule has 0 saturated heterocycles. The van der Waals surface area contributed by atoms with Crippen LogP contribution in [0.25, 0.3) is 0 Å². The van der Waals surface area contributed by atoms with E-state index in [0.29, 0.717) is 5.02 Å². The normalized spacial score (nSPS) is 12.7. The highest BCUT2D eigenvalue weighted by Gasteiger charge is 2.14. The monoisotopic (exact) mass is 299 g/mol. The van der Waals surface area contributed by atoms with Crippen LogP contribution in [-0.2, 0) is 6.42 Å². The predicted octanol–water partition coefficient (Wildman–Crippen LogP) is 4.87. The van der Waals surface area contributed by atoms with Gasteiger partial charge in [-0.05, 0) is 60.0 Å². The van der Waals surface area contributed by atoms with Crippen LogP contribution >= 0.6 is 34.5 Å². The predicted molar refractivity (Wildman–Crippen MR) is 81.0 cm³/mol. The van der Waals surface area contributed by atoms with E-state index in [1.54, 1.807) is 17.4 Å². The van der Waals surface area contributed by atoms with Crippen molar-refractivity contribution in [2.45, 2.75) is 19.4 Å². The summed E-state index contributed by atoms with van der Waals surface area (Å²) in [6, 6.07) is 5.97. The average molecular weight is 300 g/mol. The highest BCUT2D eigenvalue weighted by molar-refractivity contribution is 7.08. The Labute approximate surface area is 122 Å². The summed E-state index contributed by atoms with van der Waals surface area (Å²) in [5, 5.41) is 9.12. The van der Waals surface area contributed by atoms with Gasteiger partial charge in [0, 0.05) is 16.1 Å². The van der Waals surface area contributed by atoms with Gasteiger partial charge >= 0.3 is 0 Å². The number of thiophene rings is 1. The Bertz CT molecular complexity index is 536. The molecule has 1 nitrogen and oxygen atoms in total. The fourth-order valence-corrected chi connectivity index (χ4v) is 3.39. The summed E-state index contributed by atoms with van der Waals surface area (Å²) in [7, 11) is 1.98. The quantitative estimate of drug-likeness (QED) is 0.849. The van der Waals surface area contributed by atoms with Crippen molar-refractivity contribution in [3.63, 3.8) is 0 Å². The zero-order chi connectivity index (χ0) is 13.1. The van der Waals surface area contributed by atoms with Crippen LogP contribution in [0, 0.1) is 6.92 Å². The molecule has 96 valence electrons. The van der Waals surface area contributed by atoms with Crippen molar-refractivity contribution < 1.29 is 0 Å². The van der Waals surface area contributed by atoms with E-state index in [9.17, 15) is 0 Å². The van der Waals surface area contributed by atoms with Crippen LogP contribution in [0.5, 0.6) is 0 Å². The Hall–Kier alpha value is -0.540. The number of aryl methyl sites for hydroxylation is 1. The van der Waals surface area contributed by atoms with Crippen molar-refractivity contribution in [2.24, 2.45) is 0 Å². The van der Waals surface area contributed by atoms with Crippen molar-refractivity contribution in [3.05, 3.63) is 55.7 Å². The fraction of sp³-hybridized carbons (Fsp3) is 0.286. The number of hydrogen-bond donors (Lipinski definition) is 1. The highest BCUT2D eigenvalue weighted by Crippen LogP contribution is 2.28. The number of benzene rings is 1. The minimum absolute atomic E-state index is 0.287. The van der Waals surface area contributed by atoms with Crippen LogP contribution in [0.1, 0.15) is 22.7 Å². The number of nitrogens with one attached hydrogen (secondary N) is 1. The molecule has 2 aromatic rings. The summed E-state index contributed by atoms with van der Waals surface area (Å²) in [5.41, 5.74) is 3.78. The third-order valence-electron chi connectivity index (χ3n) is 3.06. The minimum atomic E-state index is 0.287. The van der Waals surface area contributed by atoms with Gasteiger partial charge in [0.2, 0.25) is 0 Å². The first-order valence-electron chi connectivity index (χ1n) is 5.75. The first kappa shape index (κ1) is 13.9. The first-order valence-corrected chi connectivity index (χ1v) is 7.45. The van der Waals surface area contributed by atoms with Crippen molar-refractivity contribution in [1.29, 1.82) is 0 Å². The number of likely N-dealkylation sites (N-methyl/N-ethyl adjacent to an activating group) is 1. The van der Waals surface area contributed by atoms with Crippen LogP contribution in [-0.4, -0.2) is 7.05 Å². The molecule has 18 heavy (non-hydrogen) atoms. The largest absolute Gasteiger partial charge is 0.313 e. The molecule has 0 aliphatic carbocycles. The molecule has 1 aromatic carbocycles. The van der Waals surface area contributed by atoms with E-state index in [0.717, 1.165) is 17.0 Å². The van der Waals surface area contributed by atoms with Crippen molar-refractivity contribution in [1.82, 2.24) is 5.32 Å². The summed E-state index contributed by atoms with van der Waals surface area (Å²) < 4.78 is 0. The summed E-state index contributed by atoms with van der Waals surface area (Å²) in [4.78, 5) is 0. The molecule has 1 atom stereocenters. The van der Waals surface area contributed by atoms with Gasteiger partial charge in [-0.15, -0.1) is 0 Å². The van der Waals surface area contributed by atoms with E-state index in [1.165, 1.54) is 11.1 Å². The molecule has 1 unspecified atom stereocenters. The van der Waals surface area contributed by atoms with Gasteiger partial charge in [0.25, 0.3) is 0 Å². The fourth-order valence-electron chi connectivity index (χ4n) is 2.00. The van der Waals surface area contributed by atoms with Crippen molar-refractivity contribution in [2.75, 3.05) is 7.05 Å². The van der Waals surface area contributed by atoms with Gasteiger partial charge in [-0.1, -0.05) is 29.3 Å². The van der Waals surface area contributed by atoms with Gasteiger partial charge in [-0.25, -0.2) is 0 Å². The van der Waals surface area contributed by atoms with Crippen molar-refractivity contribution in [3.8, 4) is 0 Å². The smallest absolute Gasteiger partial charge is 0.0453 e. The van der Waals surface area contributed by atoms with Gasteiger partial charge in [-0.3, -0.25) is 0 Å². The standard InChI is InChI=1S/C14H15Cl2NS/c1-9-7-18-8-12(9)14(17-2)5-10-3-4-11(15)6-13(10)16/h3-4,6-8,14,17H,5H2,1-2H3. The number of hydrogen-bond acceptors (Lipinski definition) is 2. The summed E-state index contributed by atoms with van der Waals surface area (Å²) >= 11 is 13.9. The topological polar surface area (TPSA) is 12.0 Å². The summed E-state index contributed by atoms with van der Waals surface area (Å²) in [5.74, 6) is 0. The Morgan fingerprint density at radius 2 is 2.06 bits per heavy atom. The Morgan fingerprint density at radius 3 is 2.61 bits per heavy atom. The molecule has 4 heteroatoms. The average Bonchev–Trinajstić information content (AvgIpc) is 2.75. The molecular formula is C14H15Cl2NS. The third kappa shape index (κ3) is 3.07. The van der Waals surface area contributed by atoms with E-state index in [2.05, 4.69) is 23.0 Å². The Morgan fingerprint density at radius 1 is 1.28 bits per heavy atom. The summed E-state index contributed by atoms with van der Waals surface area (Å²) in [6.45, 7) is 2.14. The van der Waals surface area contributed by atoms with Crippen LogP contribution in [0.3, 0.4) is 0 Å². The molecule has 0 radical (unpaired) electrons. The van der Waals surface area contributed by atoms with Gasteiger partial charge < -0.3 is 5.32 Å². The van der Waals surface area contributed by atoms with E-state index < -0.39 is 0 Å². The summed E-state index contributed by atoms with van der Waals surface area (Å²) in [6.07, 6.45) is 0.865. The second kappa shape index (κ2) is 6.07. The lowest BCUT2D eigenvalue weighted by atomic mass is 9.99. The molecule has 2 rings (SSSR count). The minimum Gasteiger partial charge on any atom is -0.313 e. The Balaban J connectivity index is 2.23. The lowest BCUT2D eigenvalue weighted by molar-refractivity contribution is 0.591. The number of rotatable bonds is 4. The van der Waals surface area contributed by atoms with E-state index in [-0.39, 0.29) is 6.04 Å². The molecule has 0 aliphatic heterocycles. The zero-order valence-corrected chi connectivity index (χ0v) is 12.7. The Kier molecular flexibility index (Phi) is 4.68. The van der Waals surface area contributed by atoms with Crippen LogP contribution in [0.4, 0.5) is 0 Å². The molecule has 1 aromatic heterocycles. The van der Waals surface area contributed by atoms with Crippen LogP contribution < -0.4 is 5.32 Å². The van der Waals surface area contributed by atoms with E-state index >= 15 is 0 Å². The second-order valence-electron chi connectivity index (χ2n) is 4.29. The molecular weight excluding hydrogens is 285 g/mol.